The topological polar surface area (TPSA) is 87.7 Å². The maximum atomic E-state index is 6.49. The molecule has 0 spiro atoms. The summed E-state index contributed by atoms with van der Waals surface area (Å²) in [6.07, 6.45) is 0. The van der Waals surface area contributed by atoms with E-state index in [-0.39, 0.29) is 12.4 Å². The van der Waals surface area contributed by atoms with Gasteiger partial charge < -0.3 is 20.6 Å². The molecule has 0 aliphatic rings. The van der Waals surface area contributed by atoms with Crippen LogP contribution in [-0.4, -0.2) is 19.1 Å². The summed E-state index contributed by atoms with van der Waals surface area (Å²) < 4.78 is 4.49. The number of nitrogen functional groups attached to an aromatic ring is 2. The molecule has 55 heavy (non-hydrogen) atoms. The molecule has 4 aromatic carbocycles. The van der Waals surface area contributed by atoms with E-state index in [0.29, 0.717) is 24.7 Å². The van der Waals surface area contributed by atoms with E-state index >= 15 is 0 Å². The Bertz CT molecular complexity index is 2340. The minimum Gasteiger partial charge on any atom is -0.384 e. The van der Waals surface area contributed by atoms with Gasteiger partial charge in [0.15, 0.2) is 0 Å². The Morgan fingerprint density at radius 1 is 0.436 bits per heavy atom. The quantitative estimate of drug-likeness (QED) is 0.161. The third kappa shape index (κ3) is 9.13. The molecular weight excluding hydrogens is 743 g/mol. The van der Waals surface area contributed by atoms with Crippen molar-refractivity contribution in [3.63, 3.8) is 0 Å². The summed E-state index contributed by atoms with van der Waals surface area (Å²) >= 11 is 13.0. The molecule has 8 aromatic rings. The fraction of sp³-hybridized carbons (Fsp3) is 0.0870. The van der Waals surface area contributed by atoms with E-state index in [0.717, 1.165) is 66.5 Å². The summed E-state index contributed by atoms with van der Waals surface area (Å²) in [6, 6.07) is 52.8. The van der Waals surface area contributed by atoms with Crippen LogP contribution in [-0.2, 0) is 13.1 Å². The molecule has 0 aliphatic heterocycles. The van der Waals surface area contributed by atoms with Crippen molar-refractivity contribution < 1.29 is 0 Å². The van der Waals surface area contributed by atoms with E-state index in [4.69, 9.17) is 34.7 Å². The van der Waals surface area contributed by atoms with Gasteiger partial charge in [-0.25, -0.2) is 9.97 Å². The number of nitrogens with two attached hydrogens (primary N) is 2. The maximum absolute atomic E-state index is 6.49. The van der Waals surface area contributed by atoms with Crippen molar-refractivity contribution in [3.05, 3.63) is 190 Å². The minimum absolute atomic E-state index is 0. The highest BCUT2D eigenvalue weighted by Gasteiger charge is 2.16. The molecule has 0 bridgehead atoms. The third-order valence-electron chi connectivity index (χ3n) is 9.25. The minimum atomic E-state index is 0. The number of aryl methyl sites for hydroxylation is 2. The molecule has 276 valence electrons. The average molecular weight is 784 g/mol. The molecule has 0 saturated heterocycles. The zero-order valence-corrected chi connectivity index (χ0v) is 32.9. The van der Waals surface area contributed by atoms with Gasteiger partial charge in [0, 0.05) is 32.6 Å². The molecule has 8 rings (SSSR count). The van der Waals surface area contributed by atoms with Gasteiger partial charge in [0.25, 0.3) is 0 Å². The standard InChI is InChI=1S/2C23H20ClN3.ClH/c2*1-16-9-11-17(12-10-16)21-13-14-22(19-6-2-3-7-20(19)24)27(21)15-18-5-4-8-23(25)26-18;/h2*2-14H,15H2,1H3,(H2,25,26);1H. The van der Waals surface area contributed by atoms with Crippen LogP contribution in [0.2, 0.25) is 10.0 Å². The van der Waals surface area contributed by atoms with E-state index in [1.54, 1.807) is 12.1 Å². The molecule has 0 atom stereocenters. The highest BCUT2D eigenvalue weighted by Crippen LogP contribution is 2.35. The highest BCUT2D eigenvalue weighted by atomic mass is 35.5. The smallest absolute Gasteiger partial charge is 0.123 e. The van der Waals surface area contributed by atoms with Crippen molar-refractivity contribution in [1.29, 1.82) is 0 Å². The van der Waals surface area contributed by atoms with Crippen LogP contribution >= 0.6 is 35.6 Å². The molecule has 0 aliphatic carbocycles. The first kappa shape index (κ1) is 38.9. The first-order valence-electron chi connectivity index (χ1n) is 17.7. The lowest BCUT2D eigenvalue weighted by Gasteiger charge is -2.15. The van der Waals surface area contributed by atoms with Crippen molar-refractivity contribution in [2.45, 2.75) is 26.9 Å². The lowest BCUT2D eigenvalue weighted by molar-refractivity contribution is 0.797. The van der Waals surface area contributed by atoms with Crippen molar-refractivity contribution in [2.75, 3.05) is 11.5 Å². The van der Waals surface area contributed by atoms with Gasteiger partial charge in [-0.05, 0) is 85.6 Å². The van der Waals surface area contributed by atoms with Crippen LogP contribution in [0.5, 0.6) is 0 Å². The molecule has 4 N–H and O–H groups in total. The van der Waals surface area contributed by atoms with E-state index in [1.807, 2.05) is 72.8 Å². The molecular formula is C46H41Cl3N6. The number of anilines is 2. The number of nitrogens with zero attached hydrogens (tertiary/aromatic N) is 4. The van der Waals surface area contributed by atoms with Crippen molar-refractivity contribution in [3.8, 4) is 45.0 Å². The highest BCUT2D eigenvalue weighted by molar-refractivity contribution is 6.33. The summed E-state index contributed by atoms with van der Waals surface area (Å²) in [4.78, 5) is 8.96. The third-order valence-corrected chi connectivity index (χ3v) is 9.91. The summed E-state index contributed by atoms with van der Waals surface area (Å²) in [7, 11) is 0. The Balaban J connectivity index is 0.000000184. The summed E-state index contributed by atoms with van der Waals surface area (Å²) in [6.45, 7) is 5.41. The molecule has 4 heterocycles. The molecule has 9 heteroatoms. The second kappa shape index (κ2) is 17.6. The molecule has 0 amide bonds. The number of hydrogen-bond acceptors (Lipinski definition) is 4. The first-order chi connectivity index (χ1) is 26.2. The molecule has 0 saturated carbocycles. The fourth-order valence-corrected chi connectivity index (χ4v) is 7.00. The molecule has 0 unspecified atom stereocenters. The second-order valence-corrected chi connectivity index (χ2v) is 14.0. The van der Waals surface area contributed by atoms with Crippen LogP contribution in [0.4, 0.5) is 11.6 Å². The maximum Gasteiger partial charge on any atom is 0.123 e. The van der Waals surface area contributed by atoms with Crippen LogP contribution in [0.3, 0.4) is 0 Å². The average Bonchev–Trinajstić information content (AvgIpc) is 3.77. The van der Waals surface area contributed by atoms with Gasteiger partial charge in [-0.1, -0.05) is 131 Å². The Morgan fingerprint density at radius 2 is 0.800 bits per heavy atom. The molecule has 0 radical (unpaired) electrons. The summed E-state index contributed by atoms with van der Waals surface area (Å²) in [5.74, 6) is 1.05. The van der Waals surface area contributed by atoms with Gasteiger partial charge >= 0.3 is 0 Å². The SMILES string of the molecule is Cc1ccc(-c2ccc(-c3ccccc3Cl)n2Cc2cccc(N)n2)cc1.Cc1ccc(-c2ccc(-c3ccccc3Cl)n2Cc2cccc(N)n2)cc1.Cl. The zero-order valence-electron chi connectivity index (χ0n) is 30.5. The van der Waals surface area contributed by atoms with Crippen molar-refractivity contribution in [1.82, 2.24) is 19.1 Å². The van der Waals surface area contributed by atoms with Crippen LogP contribution in [0, 0.1) is 13.8 Å². The zero-order chi connectivity index (χ0) is 37.6. The van der Waals surface area contributed by atoms with E-state index in [1.165, 1.54) is 11.1 Å². The summed E-state index contributed by atoms with van der Waals surface area (Å²) in [5.41, 5.74) is 24.7. The van der Waals surface area contributed by atoms with E-state index in [2.05, 4.69) is 106 Å². The van der Waals surface area contributed by atoms with Gasteiger partial charge in [-0.3, -0.25) is 0 Å². The van der Waals surface area contributed by atoms with Gasteiger partial charge in [0.1, 0.15) is 11.6 Å². The Hall–Kier alpha value is -5.79. The van der Waals surface area contributed by atoms with Crippen LogP contribution in [0.1, 0.15) is 22.5 Å². The predicted molar refractivity (Wildman–Crippen MR) is 233 cm³/mol. The molecule has 6 nitrogen and oxygen atoms in total. The van der Waals surface area contributed by atoms with Gasteiger partial charge in [-0.2, -0.15) is 0 Å². The second-order valence-electron chi connectivity index (χ2n) is 13.2. The van der Waals surface area contributed by atoms with Crippen molar-refractivity contribution >= 4 is 47.2 Å². The number of halogens is 3. The Morgan fingerprint density at radius 3 is 1.16 bits per heavy atom. The largest absolute Gasteiger partial charge is 0.384 e. The number of pyridine rings is 2. The fourth-order valence-electron chi connectivity index (χ4n) is 6.53. The number of aromatic nitrogens is 4. The van der Waals surface area contributed by atoms with Gasteiger partial charge in [-0.15, -0.1) is 12.4 Å². The summed E-state index contributed by atoms with van der Waals surface area (Å²) in [5, 5.41) is 1.46. The lowest BCUT2D eigenvalue weighted by Crippen LogP contribution is -2.06. The molecule has 0 fully saturated rings. The van der Waals surface area contributed by atoms with Gasteiger partial charge in [0.2, 0.25) is 0 Å². The number of rotatable bonds is 8. The Kier molecular flexibility index (Phi) is 12.4. The van der Waals surface area contributed by atoms with E-state index in [9.17, 15) is 0 Å². The van der Waals surface area contributed by atoms with Gasteiger partial charge in [0.05, 0.1) is 35.9 Å². The molecule has 4 aromatic heterocycles. The van der Waals surface area contributed by atoms with E-state index < -0.39 is 0 Å². The Labute approximate surface area is 338 Å². The first-order valence-corrected chi connectivity index (χ1v) is 18.4. The lowest BCUT2D eigenvalue weighted by atomic mass is 10.1. The van der Waals surface area contributed by atoms with Crippen LogP contribution in [0.15, 0.2) is 158 Å². The van der Waals surface area contributed by atoms with Crippen LogP contribution in [0.25, 0.3) is 45.0 Å². The van der Waals surface area contributed by atoms with Crippen molar-refractivity contribution in [2.24, 2.45) is 0 Å². The van der Waals surface area contributed by atoms with Crippen LogP contribution < -0.4 is 11.5 Å². The normalized spacial score (nSPS) is 10.7. The predicted octanol–water partition coefficient (Wildman–Crippen LogP) is 12.0. The number of benzene rings is 4. The number of hydrogen-bond donors (Lipinski definition) is 2. The monoisotopic (exact) mass is 782 g/mol.